The molecule has 1 unspecified atom stereocenters. The molecule has 0 radical (unpaired) electrons. The molecule has 2 amide bonds. The van der Waals surface area contributed by atoms with E-state index in [1.54, 1.807) is 27.7 Å². The van der Waals surface area contributed by atoms with Gasteiger partial charge in [0.15, 0.2) is 0 Å². The van der Waals surface area contributed by atoms with Gasteiger partial charge in [-0.3, -0.25) is 4.79 Å². The van der Waals surface area contributed by atoms with Gasteiger partial charge in [0, 0.05) is 13.2 Å². The molecule has 1 rings (SSSR count). The lowest BCUT2D eigenvalue weighted by molar-refractivity contribution is -0.150. The minimum absolute atomic E-state index is 0.316. The molecular formula is C14H26N2O4. The van der Waals surface area contributed by atoms with Gasteiger partial charge in [0.05, 0.1) is 16.6 Å². The summed E-state index contributed by atoms with van der Waals surface area (Å²) in [5.74, 6) is -0.950. The lowest BCUT2D eigenvalue weighted by Crippen LogP contribution is -2.59. The van der Waals surface area contributed by atoms with Crippen molar-refractivity contribution in [2.24, 2.45) is 5.41 Å². The summed E-state index contributed by atoms with van der Waals surface area (Å²) in [4.78, 5) is 23.2. The fourth-order valence-corrected chi connectivity index (χ4v) is 2.00. The molecule has 116 valence electrons. The molecule has 20 heavy (non-hydrogen) atoms. The van der Waals surface area contributed by atoms with Crippen molar-refractivity contribution in [2.75, 3.05) is 13.2 Å². The number of urea groups is 1. The Morgan fingerprint density at radius 1 is 1.30 bits per heavy atom. The fraction of sp³-hybridized carbons (Fsp3) is 0.857. The van der Waals surface area contributed by atoms with E-state index in [0.29, 0.717) is 6.54 Å². The number of amides is 2. The van der Waals surface area contributed by atoms with Crippen LogP contribution >= 0.6 is 0 Å². The van der Waals surface area contributed by atoms with Crippen LogP contribution < -0.4 is 10.6 Å². The third-order valence-electron chi connectivity index (χ3n) is 4.45. The van der Waals surface area contributed by atoms with Crippen molar-refractivity contribution in [3.05, 3.63) is 0 Å². The van der Waals surface area contributed by atoms with Crippen LogP contribution in [0, 0.1) is 5.41 Å². The summed E-state index contributed by atoms with van der Waals surface area (Å²) in [5.41, 5.74) is -2.26. The maximum atomic E-state index is 12.0. The number of carboxylic acids is 1. The summed E-state index contributed by atoms with van der Waals surface area (Å²) >= 11 is 0. The minimum atomic E-state index is -1.07. The van der Waals surface area contributed by atoms with Gasteiger partial charge in [-0.1, -0.05) is 0 Å². The second-order valence-corrected chi connectivity index (χ2v) is 6.76. The van der Waals surface area contributed by atoms with Crippen LogP contribution in [0.2, 0.25) is 0 Å². The highest BCUT2D eigenvalue weighted by atomic mass is 16.5. The van der Waals surface area contributed by atoms with Gasteiger partial charge in [0.1, 0.15) is 0 Å². The number of hydrogen-bond donors (Lipinski definition) is 3. The van der Waals surface area contributed by atoms with Crippen LogP contribution in [0.5, 0.6) is 0 Å². The molecule has 0 spiro atoms. The first kappa shape index (κ1) is 16.8. The molecule has 1 aliphatic rings. The third-order valence-corrected chi connectivity index (χ3v) is 4.45. The SMILES string of the molecule is CC1(CNC(=O)NC(C)(C)C(C)(C)C(=O)O)CCCO1. The number of carboxylic acid groups (broad SMARTS) is 1. The van der Waals surface area contributed by atoms with Gasteiger partial charge >= 0.3 is 12.0 Å². The van der Waals surface area contributed by atoms with Crippen LogP contribution in [0.15, 0.2) is 0 Å². The minimum Gasteiger partial charge on any atom is -0.481 e. The van der Waals surface area contributed by atoms with E-state index in [9.17, 15) is 14.7 Å². The van der Waals surface area contributed by atoms with Gasteiger partial charge in [0.2, 0.25) is 0 Å². The number of nitrogens with one attached hydrogen (secondary N) is 2. The summed E-state index contributed by atoms with van der Waals surface area (Å²) in [6, 6.07) is -0.374. The number of rotatable bonds is 5. The zero-order chi connectivity index (χ0) is 15.6. The van der Waals surface area contributed by atoms with E-state index in [-0.39, 0.29) is 11.6 Å². The van der Waals surface area contributed by atoms with E-state index in [2.05, 4.69) is 10.6 Å². The maximum absolute atomic E-state index is 12.0. The van der Waals surface area contributed by atoms with Crippen molar-refractivity contribution in [3.63, 3.8) is 0 Å². The second-order valence-electron chi connectivity index (χ2n) is 6.76. The van der Waals surface area contributed by atoms with Crippen LogP contribution in [0.1, 0.15) is 47.5 Å². The van der Waals surface area contributed by atoms with Crippen molar-refractivity contribution < 1.29 is 19.4 Å². The first-order chi connectivity index (χ1) is 9.00. The first-order valence-electron chi connectivity index (χ1n) is 6.94. The Morgan fingerprint density at radius 3 is 2.35 bits per heavy atom. The average Bonchev–Trinajstić information content (AvgIpc) is 2.73. The second kappa shape index (κ2) is 5.60. The first-order valence-corrected chi connectivity index (χ1v) is 6.94. The van der Waals surface area contributed by atoms with Gasteiger partial charge in [-0.15, -0.1) is 0 Å². The van der Waals surface area contributed by atoms with Crippen molar-refractivity contribution >= 4 is 12.0 Å². The molecule has 0 aromatic heterocycles. The topological polar surface area (TPSA) is 87.7 Å². The molecular weight excluding hydrogens is 260 g/mol. The lowest BCUT2D eigenvalue weighted by atomic mass is 9.74. The Kier molecular flexibility index (Phi) is 4.69. The van der Waals surface area contributed by atoms with Crippen LogP contribution in [0.3, 0.4) is 0 Å². The predicted octanol–water partition coefficient (Wildman–Crippen LogP) is 1.74. The summed E-state index contributed by atoms with van der Waals surface area (Å²) in [6.45, 7) is 9.70. The molecule has 0 bridgehead atoms. The molecule has 3 N–H and O–H groups in total. The zero-order valence-electron chi connectivity index (χ0n) is 13.0. The van der Waals surface area contributed by atoms with E-state index >= 15 is 0 Å². The smallest absolute Gasteiger partial charge is 0.315 e. The Labute approximate surface area is 120 Å². The Balaban J connectivity index is 2.55. The van der Waals surface area contributed by atoms with Crippen LogP contribution in [-0.4, -0.2) is 41.4 Å². The molecule has 6 nitrogen and oxygen atoms in total. The molecule has 0 saturated carbocycles. The summed E-state index contributed by atoms with van der Waals surface area (Å²) in [5, 5.41) is 14.7. The summed E-state index contributed by atoms with van der Waals surface area (Å²) in [6.07, 6.45) is 1.91. The monoisotopic (exact) mass is 286 g/mol. The standard InChI is InChI=1S/C14H26N2O4/c1-12(2,10(17)18)13(3,4)16-11(19)15-9-14(5)7-6-8-20-14/h6-9H2,1-5H3,(H,17,18)(H2,15,16,19). The number of carbonyl (C=O) groups is 2. The van der Waals surface area contributed by atoms with E-state index in [1.807, 2.05) is 6.92 Å². The quantitative estimate of drug-likeness (QED) is 0.718. The fourth-order valence-electron chi connectivity index (χ4n) is 2.00. The van der Waals surface area contributed by atoms with E-state index in [1.165, 1.54) is 0 Å². The molecule has 1 aliphatic heterocycles. The Hall–Kier alpha value is -1.30. The largest absolute Gasteiger partial charge is 0.481 e. The van der Waals surface area contributed by atoms with Crippen LogP contribution in [0.4, 0.5) is 4.79 Å². The molecule has 0 aromatic rings. The van der Waals surface area contributed by atoms with Crippen LogP contribution in [-0.2, 0) is 9.53 Å². The van der Waals surface area contributed by atoms with Gasteiger partial charge < -0.3 is 20.5 Å². The molecule has 1 saturated heterocycles. The third kappa shape index (κ3) is 3.62. The van der Waals surface area contributed by atoms with Gasteiger partial charge in [0.25, 0.3) is 0 Å². The lowest BCUT2D eigenvalue weighted by Gasteiger charge is -2.39. The summed E-state index contributed by atoms with van der Waals surface area (Å²) < 4.78 is 5.59. The molecule has 0 aliphatic carbocycles. The van der Waals surface area contributed by atoms with Gasteiger partial charge in [-0.2, -0.15) is 0 Å². The molecule has 6 heteroatoms. The van der Waals surface area contributed by atoms with E-state index in [4.69, 9.17) is 4.74 Å². The number of hydrogen-bond acceptors (Lipinski definition) is 3. The van der Waals surface area contributed by atoms with Crippen molar-refractivity contribution in [3.8, 4) is 0 Å². The normalized spacial score (nSPS) is 23.4. The van der Waals surface area contributed by atoms with E-state index in [0.717, 1.165) is 19.4 Å². The highest BCUT2D eigenvalue weighted by Crippen LogP contribution is 2.30. The molecule has 0 aromatic carbocycles. The molecule has 1 atom stereocenters. The predicted molar refractivity (Wildman–Crippen MR) is 75.6 cm³/mol. The zero-order valence-corrected chi connectivity index (χ0v) is 13.0. The highest BCUT2D eigenvalue weighted by Gasteiger charge is 2.44. The van der Waals surface area contributed by atoms with Crippen molar-refractivity contribution in [1.29, 1.82) is 0 Å². The molecule has 1 fully saturated rings. The number of carbonyl (C=O) groups excluding carboxylic acids is 1. The highest BCUT2D eigenvalue weighted by molar-refractivity contribution is 5.79. The van der Waals surface area contributed by atoms with Crippen molar-refractivity contribution in [2.45, 2.75) is 58.6 Å². The van der Waals surface area contributed by atoms with Crippen molar-refractivity contribution in [1.82, 2.24) is 10.6 Å². The summed E-state index contributed by atoms with van der Waals surface area (Å²) in [7, 11) is 0. The number of ether oxygens (including phenoxy) is 1. The van der Waals surface area contributed by atoms with Gasteiger partial charge in [-0.05, 0) is 47.5 Å². The van der Waals surface area contributed by atoms with Gasteiger partial charge in [-0.25, -0.2) is 4.79 Å². The Morgan fingerprint density at radius 2 is 1.90 bits per heavy atom. The van der Waals surface area contributed by atoms with Crippen LogP contribution in [0.25, 0.3) is 0 Å². The maximum Gasteiger partial charge on any atom is 0.315 e. The number of aliphatic carboxylic acids is 1. The van der Waals surface area contributed by atoms with E-state index < -0.39 is 16.9 Å². The molecule has 1 heterocycles. The average molecular weight is 286 g/mol. The Bertz CT molecular complexity index is 385.